The Hall–Kier alpha value is -1.65. The Morgan fingerprint density at radius 2 is 1.96 bits per heavy atom. The van der Waals surface area contributed by atoms with Crippen LogP contribution in [0.3, 0.4) is 0 Å². The minimum atomic E-state index is 0.105. The lowest BCUT2D eigenvalue weighted by atomic mass is 9.84. The third kappa shape index (κ3) is 4.50. The highest BCUT2D eigenvalue weighted by atomic mass is 16.5. The van der Waals surface area contributed by atoms with Gasteiger partial charge in [0.05, 0.1) is 25.3 Å². The van der Waals surface area contributed by atoms with E-state index in [1.165, 1.54) is 16.5 Å². The predicted molar refractivity (Wildman–Crippen MR) is 103 cm³/mol. The number of fused-ring (bicyclic) bond motifs is 1. The Bertz CT molecular complexity index is 716. The fourth-order valence-corrected chi connectivity index (χ4v) is 3.39. The van der Waals surface area contributed by atoms with Gasteiger partial charge in [-0.15, -0.1) is 0 Å². The first-order valence-corrected chi connectivity index (χ1v) is 9.28. The molecule has 1 aromatic carbocycles. The first-order chi connectivity index (χ1) is 11.9. The van der Waals surface area contributed by atoms with Crippen molar-refractivity contribution in [3.05, 3.63) is 35.5 Å². The van der Waals surface area contributed by atoms with Crippen LogP contribution in [0.15, 0.2) is 24.4 Å². The molecule has 0 N–H and O–H groups in total. The highest BCUT2D eigenvalue weighted by molar-refractivity contribution is 5.85. The summed E-state index contributed by atoms with van der Waals surface area (Å²) < 4.78 is 11.4. The number of hydrogen-bond acceptors (Lipinski definition) is 4. The summed E-state index contributed by atoms with van der Waals surface area (Å²) in [7, 11) is 0. The van der Waals surface area contributed by atoms with Crippen LogP contribution in [0.4, 0.5) is 0 Å². The summed E-state index contributed by atoms with van der Waals surface area (Å²) in [5.41, 5.74) is 3.63. The number of hydrogen-bond donors (Lipinski definition) is 0. The molecule has 0 spiro atoms. The summed E-state index contributed by atoms with van der Waals surface area (Å²) in [6.07, 6.45) is 2.94. The number of ether oxygens (including phenoxy) is 2. The second-order valence-electron chi connectivity index (χ2n) is 7.90. The summed E-state index contributed by atoms with van der Waals surface area (Å²) in [6, 6.07) is 6.44. The molecule has 0 bridgehead atoms. The molecule has 3 rings (SSSR count). The summed E-state index contributed by atoms with van der Waals surface area (Å²) in [6.45, 7) is 14.4. The summed E-state index contributed by atoms with van der Waals surface area (Å²) >= 11 is 0. The van der Waals surface area contributed by atoms with Gasteiger partial charge in [0, 0.05) is 37.3 Å². The number of rotatable bonds is 5. The van der Waals surface area contributed by atoms with Crippen molar-refractivity contribution in [1.82, 2.24) is 9.88 Å². The highest BCUT2D eigenvalue weighted by Gasteiger charge is 2.18. The van der Waals surface area contributed by atoms with Gasteiger partial charge in [-0.3, -0.25) is 9.88 Å². The second-order valence-corrected chi connectivity index (χ2v) is 7.90. The van der Waals surface area contributed by atoms with E-state index in [-0.39, 0.29) is 5.41 Å². The van der Waals surface area contributed by atoms with Crippen molar-refractivity contribution in [2.75, 3.05) is 39.5 Å². The summed E-state index contributed by atoms with van der Waals surface area (Å²) in [5.74, 6) is 0.952. The monoisotopic (exact) mass is 342 g/mol. The SMILES string of the molecule is Cc1cc2c(C(C)(C)C)ccnc2cc1OCCCN1CCOCC1. The Kier molecular flexibility index (Phi) is 5.60. The van der Waals surface area contributed by atoms with Crippen LogP contribution in [-0.4, -0.2) is 49.3 Å². The quantitative estimate of drug-likeness (QED) is 0.771. The van der Waals surface area contributed by atoms with Crippen LogP contribution in [0, 0.1) is 6.92 Å². The molecule has 0 amide bonds. The molecule has 0 saturated carbocycles. The van der Waals surface area contributed by atoms with Crippen molar-refractivity contribution in [3.8, 4) is 5.75 Å². The number of nitrogens with zero attached hydrogens (tertiary/aromatic N) is 2. The topological polar surface area (TPSA) is 34.6 Å². The molecule has 25 heavy (non-hydrogen) atoms. The Labute approximate surface area is 151 Å². The number of benzene rings is 1. The normalized spacial score (nSPS) is 16.3. The molecule has 1 aromatic heterocycles. The molecule has 1 saturated heterocycles. The molecule has 1 aliphatic heterocycles. The lowest BCUT2D eigenvalue weighted by molar-refractivity contribution is 0.0358. The highest BCUT2D eigenvalue weighted by Crippen LogP contribution is 2.32. The van der Waals surface area contributed by atoms with Crippen LogP contribution in [0.5, 0.6) is 5.75 Å². The number of pyridine rings is 1. The number of morpholine rings is 1. The van der Waals surface area contributed by atoms with Crippen molar-refractivity contribution in [3.63, 3.8) is 0 Å². The van der Waals surface area contributed by atoms with E-state index in [1.807, 2.05) is 6.20 Å². The van der Waals surface area contributed by atoms with E-state index in [9.17, 15) is 0 Å². The first-order valence-electron chi connectivity index (χ1n) is 9.28. The van der Waals surface area contributed by atoms with Crippen LogP contribution in [0.1, 0.15) is 38.3 Å². The van der Waals surface area contributed by atoms with Crippen LogP contribution in [0.25, 0.3) is 10.9 Å². The zero-order valence-electron chi connectivity index (χ0n) is 16.0. The van der Waals surface area contributed by atoms with Crippen molar-refractivity contribution >= 4 is 10.9 Å². The van der Waals surface area contributed by atoms with E-state index in [0.29, 0.717) is 0 Å². The van der Waals surface area contributed by atoms with E-state index < -0.39 is 0 Å². The van der Waals surface area contributed by atoms with Gasteiger partial charge in [0.2, 0.25) is 0 Å². The van der Waals surface area contributed by atoms with E-state index in [2.05, 4.69) is 55.8 Å². The van der Waals surface area contributed by atoms with Gasteiger partial charge in [0.15, 0.2) is 0 Å². The molecule has 2 aromatic rings. The van der Waals surface area contributed by atoms with Gasteiger partial charge in [-0.25, -0.2) is 0 Å². The molecule has 0 atom stereocenters. The Morgan fingerprint density at radius 3 is 2.68 bits per heavy atom. The first kappa shape index (κ1) is 18.2. The lowest BCUT2D eigenvalue weighted by Gasteiger charge is -2.26. The maximum absolute atomic E-state index is 6.06. The van der Waals surface area contributed by atoms with Crippen LogP contribution < -0.4 is 4.74 Å². The van der Waals surface area contributed by atoms with Crippen molar-refractivity contribution in [2.45, 2.75) is 39.5 Å². The van der Waals surface area contributed by atoms with Crippen LogP contribution in [0.2, 0.25) is 0 Å². The molecule has 1 fully saturated rings. The average Bonchev–Trinajstić information content (AvgIpc) is 2.58. The molecule has 0 aliphatic carbocycles. The predicted octanol–water partition coefficient (Wildman–Crippen LogP) is 3.94. The molecular weight excluding hydrogens is 312 g/mol. The summed E-state index contributed by atoms with van der Waals surface area (Å²) in [5, 5.41) is 1.23. The molecule has 1 aliphatic rings. The maximum Gasteiger partial charge on any atom is 0.124 e. The average molecular weight is 342 g/mol. The zero-order chi connectivity index (χ0) is 17.9. The van der Waals surface area contributed by atoms with Crippen LogP contribution >= 0.6 is 0 Å². The standard InChI is InChI=1S/C21H30N2O2/c1-16-14-17-18(21(2,3)4)6-7-22-19(17)15-20(16)25-11-5-8-23-9-12-24-13-10-23/h6-7,14-15H,5,8-13H2,1-4H3. The molecule has 136 valence electrons. The zero-order valence-corrected chi connectivity index (χ0v) is 16.0. The number of aromatic nitrogens is 1. The minimum absolute atomic E-state index is 0.105. The van der Waals surface area contributed by atoms with Gasteiger partial charge in [-0.2, -0.15) is 0 Å². The molecular formula is C21H30N2O2. The summed E-state index contributed by atoms with van der Waals surface area (Å²) in [4.78, 5) is 7.00. The number of aryl methyl sites for hydroxylation is 1. The van der Waals surface area contributed by atoms with E-state index >= 15 is 0 Å². The third-order valence-electron chi connectivity index (χ3n) is 4.83. The van der Waals surface area contributed by atoms with E-state index in [0.717, 1.165) is 57.1 Å². The fraction of sp³-hybridized carbons (Fsp3) is 0.571. The van der Waals surface area contributed by atoms with Crippen molar-refractivity contribution < 1.29 is 9.47 Å². The Morgan fingerprint density at radius 1 is 1.20 bits per heavy atom. The van der Waals surface area contributed by atoms with E-state index in [4.69, 9.17) is 9.47 Å². The maximum atomic E-state index is 6.06. The van der Waals surface area contributed by atoms with Gasteiger partial charge in [-0.05, 0) is 42.0 Å². The molecule has 0 unspecified atom stereocenters. The molecule has 0 radical (unpaired) electrons. The van der Waals surface area contributed by atoms with E-state index in [1.54, 1.807) is 0 Å². The lowest BCUT2D eigenvalue weighted by Crippen LogP contribution is -2.37. The van der Waals surface area contributed by atoms with Gasteiger partial charge >= 0.3 is 0 Å². The second kappa shape index (κ2) is 7.71. The fourth-order valence-electron chi connectivity index (χ4n) is 3.39. The minimum Gasteiger partial charge on any atom is -0.493 e. The molecule has 2 heterocycles. The largest absolute Gasteiger partial charge is 0.493 e. The van der Waals surface area contributed by atoms with Gasteiger partial charge in [0.1, 0.15) is 5.75 Å². The van der Waals surface area contributed by atoms with Crippen LogP contribution in [-0.2, 0) is 10.2 Å². The van der Waals surface area contributed by atoms with Crippen molar-refractivity contribution in [1.29, 1.82) is 0 Å². The third-order valence-corrected chi connectivity index (χ3v) is 4.83. The Balaban J connectivity index is 1.67. The van der Waals surface area contributed by atoms with Gasteiger partial charge in [0.25, 0.3) is 0 Å². The van der Waals surface area contributed by atoms with Gasteiger partial charge in [-0.1, -0.05) is 20.8 Å². The van der Waals surface area contributed by atoms with Gasteiger partial charge < -0.3 is 9.47 Å². The smallest absolute Gasteiger partial charge is 0.124 e. The molecule has 4 heteroatoms. The van der Waals surface area contributed by atoms with Crippen molar-refractivity contribution in [2.24, 2.45) is 0 Å². The molecule has 4 nitrogen and oxygen atoms in total.